The molecule has 0 spiro atoms. The molecule has 1 heterocycles. The Bertz CT molecular complexity index is 2060. The molecule has 11 heteroatoms. The number of nitrogen functional groups attached to an aromatic ring is 1. The number of hydrogen-bond donors (Lipinski definition) is 5. The van der Waals surface area contributed by atoms with Crippen LogP contribution in [-0.2, 0) is 37.0 Å². The number of amides is 3. The molecule has 0 unspecified atom stereocenters. The van der Waals surface area contributed by atoms with Crippen LogP contribution in [-0.4, -0.2) is 34.7 Å². The maximum absolute atomic E-state index is 12.7. The zero-order valence-electron chi connectivity index (χ0n) is 30.7. The molecule has 1 fully saturated rings. The summed E-state index contributed by atoms with van der Waals surface area (Å²) in [4.78, 5) is 37.6. The van der Waals surface area contributed by atoms with Gasteiger partial charge in [0.15, 0.2) is 6.29 Å². The van der Waals surface area contributed by atoms with Crippen molar-refractivity contribution in [1.29, 1.82) is 0 Å². The third-order valence-corrected chi connectivity index (χ3v) is 10.4. The van der Waals surface area contributed by atoms with E-state index in [4.69, 9.17) is 15.2 Å². The Morgan fingerprint density at radius 3 is 2.20 bits per heavy atom. The number of anilines is 3. The highest BCUT2D eigenvalue weighted by molar-refractivity contribution is 7.99. The molecule has 1 aliphatic rings. The highest BCUT2D eigenvalue weighted by Gasteiger charge is 2.32. The van der Waals surface area contributed by atoms with E-state index < -0.39 is 6.29 Å². The molecule has 0 radical (unpaired) electrons. The van der Waals surface area contributed by atoms with E-state index in [2.05, 4.69) is 16.0 Å². The fraction of sp³-hybridized carbons (Fsp3) is 0.250. The fourth-order valence-electron chi connectivity index (χ4n) is 6.34. The summed E-state index contributed by atoms with van der Waals surface area (Å²) in [6.45, 7) is 1.82. The number of nitrogens with one attached hydrogen (secondary N) is 3. The predicted octanol–water partition coefficient (Wildman–Crippen LogP) is 8.15. The number of aliphatic hydroxyl groups excluding tert-OH is 1. The van der Waals surface area contributed by atoms with Crippen molar-refractivity contribution in [2.45, 2.75) is 69.2 Å². The predicted molar refractivity (Wildman–Crippen MR) is 217 cm³/mol. The normalized spacial score (nSPS) is 16.6. The van der Waals surface area contributed by atoms with Crippen LogP contribution in [0.3, 0.4) is 0 Å². The lowest BCUT2D eigenvalue weighted by molar-refractivity contribution is -0.245. The van der Waals surface area contributed by atoms with Crippen molar-refractivity contribution in [3.63, 3.8) is 0 Å². The number of aliphatic hydroxyl groups is 1. The summed E-state index contributed by atoms with van der Waals surface area (Å²) < 4.78 is 13.1. The molecule has 55 heavy (non-hydrogen) atoms. The van der Waals surface area contributed by atoms with E-state index in [9.17, 15) is 19.5 Å². The molecule has 0 aromatic heterocycles. The molecule has 284 valence electrons. The maximum Gasteiger partial charge on any atom is 0.224 e. The summed E-state index contributed by atoms with van der Waals surface area (Å²) in [5.74, 6) is 0.289. The van der Waals surface area contributed by atoms with Gasteiger partial charge in [0.25, 0.3) is 0 Å². The number of carbonyl (C=O) groups is 3. The second-order valence-corrected chi connectivity index (χ2v) is 14.5. The average Bonchev–Trinajstić information content (AvgIpc) is 3.20. The second kappa shape index (κ2) is 19.2. The zero-order valence-corrected chi connectivity index (χ0v) is 31.5. The topological polar surface area (TPSA) is 152 Å². The molecule has 3 amide bonds. The van der Waals surface area contributed by atoms with Crippen molar-refractivity contribution in [3.8, 4) is 11.1 Å². The Morgan fingerprint density at radius 2 is 1.47 bits per heavy atom. The van der Waals surface area contributed by atoms with Gasteiger partial charge in [-0.1, -0.05) is 84.9 Å². The Hall–Kier alpha value is -5.46. The first-order chi connectivity index (χ1) is 26.7. The summed E-state index contributed by atoms with van der Waals surface area (Å²) >= 11 is 1.69. The molecule has 6 rings (SSSR count). The molecular formula is C44H46N4O6S. The molecular weight excluding hydrogens is 713 g/mol. The lowest BCUT2D eigenvalue weighted by Crippen LogP contribution is -2.31. The van der Waals surface area contributed by atoms with E-state index >= 15 is 0 Å². The smallest absolute Gasteiger partial charge is 0.224 e. The molecule has 5 aromatic rings. The summed E-state index contributed by atoms with van der Waals surface area (Å²) in [6.07, 6.45) is 0.610. The van der Waals surface area contributed by atoms with Crippen molar-refractivity contribution in [2.24, 2.45) is 0 Å². The number of carbonyl (C=O) groups excluding carboxylic acids is 3. The third-order valence-electron chi connectivity index (χ3n) is 9.26. The number of hydrogen-bond acceptors (Lipinski definition) is 8. The van der Waals surface area contributed by atoms with Gasteiger partial charge < -0.3 is 36.3 Å². The average molecular weight is 759 g/mol. The van der Waals surface area contributed by atoms with E-state index in [1.807, 2.05) is 97.1 Å². The lowest BCUT2D eigenvalue weighted by atomic mass is 9.97. The van der Waals surface area contributed by atoms with Crippen molar-refractivity contribution < 1.29 is 29.0 Å². The lowest BCUT2D eigenvalue weighted by Gasteiger charge is -2.36. The highest BCUT2D eigenvalue weighted by Crippen LogP contribution is 2.40. The quantitative estimate of drug-likeness (QED) is 0.0530. The molecule has 10 nitrogen and oxygen atoms in total. The van der Waals surface area contributed by atoms with Gasteiger partial charge >= 0.3 is 0 Å². The van der Waals surface area contributed by atoms with E-state index in [0.29, 0.717) is 36.5 Å². The first-order valence-electron chi connectivity index (χ1n) is 18.3. The van der Waals surface area contributed by atoms with Crippen molar-refractivity contribution >= 4 is 46.5 Å². The summed E-state index contributed by atoms with van der Waals surface area (Å²) in [7, 11) is 0. The third kappa shape index (κ3) is 11.3. The van der Waals surface area contributed by atoms with Gasteiger partial charge in [-0.2, -0.15) is 0 Å². The van der Waals surface area contributed by atoms with Crippen LogP contribution in [0.4, 0.5) is 17.1 Å². The van der Waals surface area contributed by atoms with E-state index in [0.717, 1.165) is 44.0 Å². The van der Waals surface area contributed by atoms with Crippen LogP contribution in [0.25, 0.3) is 11.1 Å². The summed E-state index contributed by atoms with van der Waals surface area (Å²) in [5, 5.41) is 18.2. The number of thioether (sulfide) groups is 1. The van der Waals surface area contributed by atoms with Crippen LogP contribution in [0.5, 0.6) is 0 Å². The zero-order chi connectivity index (χ0) is 38.6. The van der Waals surface area contributed by atoms with Gasteiger partial charge in [0, 0.05) is 54.6 Å². The molecule has 1 saturated heterocycles. The van der Waals surface area contributed by atoms with Crippen LogP contribution < -0.4 is 21.7 Å². The van der Waals surface area contributed by atoms with Crippen molar-refractivity contribution in [1.82, 2.24) is 5.32 Å². The van der Waals surface area contributed by atoms with Gasteiger partial charge in [0.2, 0.25) is 17.7 Å². The van der Waals surface area contributed by atoms with Crippen molar-refractivity contribution in [2.75, 3.05) is 22.1 Å². The van der Waals surface area contributed by atoms with Crippen LogP contribution in [0, 0.1) is 0 Å². The Labute approximate surface area is 325 Å². The van der Waals surface area contributed by atoms with Gasteiger partial charge in [-0.15, -0.1) is 11.8 Å². The molecule has 0 bridgehead atoms. The van der Waals surface area contributed by atoms with Gasteiger partial charge in [0.05, 0.1) is 30.2 Å². The Kier molecular flexibility index (Phi) is 13.7. The van der Waals surface area contributed by atoms with Crippen LogP contribution in [0.1, 0.15) is 67.3 Å². The van der Waals surface area contributed by atoms with Crippen LogP contribution in [0.15, 0.2) is 126 Å². The largest absolute Gasteiger partial charge is 0.397 e. The number of benzene rings is 5. The van der Waals surface area contributed by atoms with E-state index in [1.165, 1.54) is 6.92 Å². The highest BCUT2D eigenvalue weighted by atomic mass is 32.2. The number of rotatable bonds is 15. The minimum Gasteiger partial charge on any atom is -0.397 e. The van der Waals surface area contributed by atoms with Gasteiger partial charge in [0.1, 0.15) is 0 Å². The molecule has 1 aliphatic heterocycles. The molecule has 0 aliphatic carbocycles. The molecule has 0 saturated carbocycles. The van der Waals surface area contributed by atoms with Gasteiger partial charge in [-0.3, -0.25) is 14.4 Å². The number of para-hydroxylation sites is 2. The molecule has 3 atom stereocenters. The summed E-state index contributed by atoms with van der Waals surface area (Å²) in [6, 6.07) is 38.8. The minimum absolute atomic E-state index is 0.0222. The standard InChI is InChI=1S/C44H46N4O6S/c1-29(50)47-35-21-23-37(24-22-35)55-28-36-25-41(32-15-13-30(27-49)14-16-32)54-44(53-36)33-19-17-31(18-20-33)38-8-3-2-7-34(38)26-46-42(51)11-6-12-43(52)48-40-10-5-4-9-39(40)45/h2-5,7-10,13-24,36,41,44,49H,6,11-12,25-28,45H2,1H3,(H,46,51)(H,47,50)(H,48,52)/t36-,41+,44+/m0/s1. The van der Waals surface area contributed by atoms with Gasteiger partial charge in [-0.05, 0) is 70.6 Å². The fourth-order valence-corrected chi connectivity index (χ4v) is 7.26. The monoisotopic (exact) mass is 758 g/mol. The SMILES string of the molecule is CC(=O)Nc1ccc(SC[C@@H]2C[C@H](c3ccc(CO)cc3)O[C@H](c3ccc(-c4ccccc4CNC(=O)CCCC(=O)Nc4ccccc4N)cc3)O2)cc1. The Morgan fingerprint density at radius 1 is 0.782 bits per heavy atom. The maximum atomic E-state index is 12.7. The number of ether oxygens (including phenoxy) is 2. The first-order valence-corrected chi connectivity index (χ1v) is 19.3. The van der Waals surface area contributed by atoms with E-state index in [-0.39, 0.29) is 49.4 Å². The van der Waals surface area contributed by atoms with Gasteiger partial charge in [-0.25, -0.2) is 0 Å². The van der Waals surface area contributed by atoms with Crippen LogP contribution >= 0.6 is 11.8 Å². The second-order valence-electron chi connectivity index (χ2n) is 13.4. The molecule has 6 N–H and O–H groups in total. The summed E-state index contributed by atoms with van der Waals surface area (Å²) in [5.41, 5.74) is 13.4. The Balaban J connectivity index is 1.07. The first kappa shape index (κ1) is 39.2. The van der Waals surface area contributed by atoms with Crippen LogP contribution in [0.2, 0.25) is 0 Å². The molecule has 5 aromatic carbocycles. The number of nitrogens with two attached hydrogens (primary N) is 1. The minimum atomic E-state index is -0.597. The van der Waals surface area contributed by atoms with Crippen molar-refractivity contribution in [3.05, 3.63) is 144 Å². The van der Waals surface area contributed by atoms with E-state index in [1.54, 1.807) is 36.0 Å².